The molecule has 0 radical (unpaired) electrons. The number of amides is 1. The average Bonchev–Trinajstić information content (AvgIpc) is 2.37. The van der Waals surface area contributed by atoms with E-state index in [9.17, 15) is 9.90 Å². The van der Waals surface area contributed by atoms with E-state index in [1.165, 1.54) is 31.5 Å². The minimum absolute atomic E-state index is 0.0627. The van der Waals surface area contributed by atoms with Crippen LogP contribution in [0.15, 0.2) is 18.3 Å². The molecule has 3 rings (SSSR count). The van der Waals surface area contributed by atoms with Crippen LogP contribution in [-0.4, -0.2) is 34.1 Å². The highest BCUT2D eigenvalue weighted by Gasteiger charge is 2.41. The van der Waals surface area contributed by atoms with Gasteiger partial charge in [-0.1, -0.05) is 0 Å². The highest BCUT2D eigenvalue weighted by Crippen LogP contribution is 2.38. The molecule has 1 aliphatic carbocycles. The Balaban J connectivity index is 1.65. The van der Waals surface area contributed by atoms with E-state index < -0.39 is 0 Å². The number of nitrogens with one attached hydrogen (secondary N) is 2. The van der Waals surface area contributed by atoms with E-state index >= 15 is 0 Å². The van der Waals surface area contributed by atoms with Crippen LogP contribution in [0.4, 0.5) is 0 Å². The molecular weight excluding hydrogens is 242 g/mol. The third-order valence-electron chi connectivity index (χ3n) is 4.28. The number of hydrogen-bond donors (Lipinski definition) is 3. The Bertz CT molecular complexity index is 485. The summed E-state index contributed by atoms with van der Waals surface area (Å²) in [4.78, 5) is 16.0. The fourth-order valence-corrected chi connectivity index (χ4v) is 3.09. The second-order valence-electron chi connectivity index (χ2n) is 5.59. The molecule has 2 heterocycles. The van der Waals surface area contributed by atoms with Crippen molar-refractivity contribution in [3.63, 3.8) is 0 Å². The van der Waals surface area contributed by atoms with Crippen molar-refractivity contribution in [2.75, 3.05) is 6.54 Å². The minimum atomic E-state index is -0.278. The molecule has 1 saturated heterocycles. The third kappa shape index (κ3) is 2.42. The van der Waals surface area contributed by atoms with Crippen molar-refractivity contribution < 1.29 is 9.90 Å². The van der Waals surface area contributed by atoms with E-state index in [1.807, 2.05) is 0 Å². The number of carbonyl (C=O) groups excluding carboxylic acids is 1. The van der Waals surface area contributed by atoms with Gasteiger partial charge in [-0.2, -0.15) is 0 Å². The van der Waals surface area contributed by atoms with Gasteiger partial charge >= 0.3 is 0 Å². The Morgan fingerprint density at radius 1 is 1.53 bits per heavy atom. The number of rotatable bonds is 2. The largest absolute Gasteiger partial charge is 0.505 e. The molecule has 0 aromatic carbocycles. The number of aromatic nitrogens is 1. The van der Waals surface area contributed by atoms with E-state index in [-0.39, 0.29) is 28.9 Å². The SMILES string of the molecule is O=C(NC1CCNC2(CCC2)C1)c1ncccc1O. The molecule has 19 heavy (non-hydrogen) atoms. The maximum Gasteiger partial charge on any atom is 0.273 e. The van der Waals surface area contributed by atoms with Gasteiger partial charge in [0.05, 0.1) is 0 Å². The molecule has 5 nitrogen and oxygen atoms in total. The van der Waals surface area contributed by atoms with Crippen molar-refractivity contribution in [2.45, 2.75) is 43.7 Å². The summed E-state index contributed by atoms with van der Waals surface area (Å²) < 4.78 is 0. The van der Waals surface area contributed by atoms with Gasteiger partial charge in [0.15, 0.2) is 5.69 Å². The maximum atomic E-state index is 12.1. The number of pyridine rings is 1. The number of piperidine rings is 1. The first-order valence-corrected chi connectivity index (χ1v) is 6.88. The first-order valence-electron chi connectivity index (χ1n) is 6.88. The van der Waals surface area contributed by atoms with Gasteiger partial charge in [0.25, 0.3) is 5.91 Å². The molecule has 102 valence electrons. The summed E-state index contributed by atoms with van der Waals surface area (Å²) in [5.74, 6) is -0.341. The quantitative estimate of drug-likeness (QED) is 0.747. The van der Waals surface area contributed by atoms with Crippen molar-refractivity contribution in [2.24, 2.45) is 0 Å². The molecule has 1 unspecified atom stereocenters. The van der Waals surface area contributed by atoms with Crippen molar-refractivity contribution >= 4 is 5.91 Å². The standard InChI is InChI=1S/C14H19N3O2/c18-11-3-1-7-15-12(11)13(19)17-10-4-8-16-14(9-10)5-2-6-14/h1,3,7,10,16,18H,2,4-6,8-9H2,(H,17,19). The van der Waals surface area contributed by atoms with Crippen molar-refractivity contribution in [1.29, 1.82) is 0 Å². The molecule has 1 atom stereocenters. The summed E-state index contributed by atoms with van der Waals surface area (Å²) >= 11 is 0. The van der Waals surface area contributed by atoms with Crippen LogP contribution in [0.1, 0.15) is 42.6 Å². The van der Waals surface area contributed by atoms with Crippen LogP contribution in [0, 0.1) is 0 Å². The molecule has 1 spiro atoms. The molecular formula is C14H19N3O2. The highest BCUT2D eigenvalue weighted by atomic mass is 16.3. The zero-order chi connectivity index (χ0) is 13.3. The zero-order valence-electron chi connectivity index (χ0n) is 10.9. The summed E-state index contributed by atoms with van der Waals surface area (Å²) in [6, 6.07) is 3.27. The predicted octanol–water partition coefficient (Wildman–Crippen LogP) is 1.19. The lowest BCUT2D eigenvalue weighted by atomic mass is 9.70. The lowest BCUT2D eigenvalue weighted by Gasteiger charge is -2.48. The highest BCUT2D eigenvalue weighted by molar-refractivity contribution is 5.94. The number of hydrogen-bond acceptors (Lipinski definition) is 4. The molecule has 2 aliphatic rings. The number of aromatic hydroxyl groups is 1. The Kier molecular flexibility index (Phi) is 3.14. The smallest absolute Gasteiger partial charge is 0.273 e. The lowest BCUT2D eigenvalue weighted by Crippen LogP contribution is -2.59. The Labute approximate surface area is 112 Å². The summed E-state index contributed by atoms with van der Waals surface area (Å²) in [5.41, 5.74) is 0.367. The molecule has 1 aromatic heterocycles. The van der Waals surface area contributed by atoms with Gasteiger partial charge in [-0.15, -0.1) is 0 Å². The molecule has 2 fully saturated rings. The predicted molar refractivity (Wildman–Crippen MR) is 71.0 cm³/mol. The molecule has 5 heteroatoms. The van der Waals surface area contributed by atoms with Crippen LogP contribution in [0.3, 0.4) is 0 Å². The molecule has 1 saturated carbocycles. The van der Waals surface area contributed by atoms with Gasteiger partial charge in [0, 0.05) is 17.8 Å². The van der Waals surface area contributed by atoms with Crippen molar-refractivity contribution in [3.05, 3.63) is 24.0 Å². The average molecular weight is 261 g/mol. The summed E-state index contributed by atoms with van der Waals surface area (Å²) in [6.45, 7) is 0.944. The fraction of sp³-hybridized carbons (Fsp3) is 0.571. The fourth-order valence-electron chi connectivity index (χ4n) is 3.09. The molecule has 0 bridgehead atoms. The van der Waals surface area contributed by atoms with E-state index in [0.29, 0.717) is 0 Å². The number of carbonyl (C=O) groups is 1. The topological polar surface area (TPSA) is 74.2 Å². The Morgan fingerprint density at radius 2 is 2.37 bits per heavy atom. The van der Waals surface area contributed by atoms with E-state index in [2.05, 4.69) is 15.6 Å². The lowest BCUT2D eigenvalue weighted by molar-refractivity contribution is 0.0846. The molecule has 1 aromatic rings. The van der Waals surface area contributed by atoms with Crippen LogP contribution in [0.5, 0.6) is 5.75 Å². The first-order chi connectivity index (χ1) is 9.19. The molecule has 1 aliphatic heterocycles. The van der Waals surface area contributed by atoms with Gasteiger partial charge in [-0.3, -0.25) is 4.79 Å². The van der Waals surface area contributed by atoms with Crippen LogP contribution in [0.25, 0.3) is 0 Å². The van der Waals surface area contributed by atoms with Gasteiger partial charge in [-0.05, 0) is 50.8 Å². The van der Waals surface area contributed by atoms with Crippen molar-refractivity contribution in [1.82, 2.24) is 15.6 Å². The summed E-state index contributed by atoms with van der Waals surface area (Å²) in [7, 11) is 0. The van der Waals surface area contributed by atoms with Gasteiger partial charge < -0.3 is 15.7 Å². The molecule has 3 N–H and O–H groups in total. The van der Waals surface area contributed by atoms with Crippen LogP contribution in [-0.2, 0) is 0 Å². The normalized spacial score (nSPS) is 24.7. The van der Waals surface area contributed by atoms with Crippen LogP contribution < -0.4 is 10.6 Å². The van der Waals surface area contributed by atoms with E-state index in [0.717, 1.165) is 19.4 Å². The zero-order valence-corrected chi connectivity index (χ0v) is 10.9. The van der Waals surface area contributed by atoms with Crippen molar-refractivity contribution in [3.8, 4) is 5.75 Å². The minimum Gasteiger partial charge on any atom is -0.505 e. The Morgan fingerprint density at radius 3 is 3.05 bits per heavy atom. The monoisotopic (exact) mass is 261 g/mol. The second-order valence-corrected chi connectivity index (χ2v) is 5.59. The summed E-state index contributed by atoms with van der Waals surface area (Å²) in [5, 5.41) is 16.2. The van der Waals surface area contributed by atoms with Gasteiger partial charge in [0.2, 0.25) is 0 Å². The summed E-state index contributed by atoms with van der Waals surface area (Å²) in [6.07, 6.45) is 7.11. The second kappa shape index (κ2) is 4.81. The molecule has 1 amide bonds. The first kappa shape index (κ1) is 12.4. The number of nitrogens with zero attached hydrogens (tertiary/aromatic N) is 1. The Hall–Kier alpha value is -1.62. The van der Waals surface area contributed by atoms with Gasteiger partial charge in [-0.25, -0.2) is 4.98 Å². The van der Waals surface area contributed by atoms with Crippen LogP contribution in [0.2, 0.25) is 0 Å². The third-order valence-corrected chi connectivity index (χ3v) is 4.28. The van der Waals surface area contributed by atoms with E-state index in [4.69, 9.17) is 0 Å². The van der Waals surface area contributed by atoms with Crippen LogP contribution >= 0.6 is 0 Å². The van der Waals surface area contributed by atoms with Gasteiger partial charge in [0.1, 0.15) is 5.75 Å². The van der Waals surface area contributed by atoms with E-state index in [1.54, 1.807) is 6.07 Å². The maximum absolute atomic E-state index is 12.1.